The van der Waals surface area contributed by atoms with Gasteiger partial charge in [0.2, 0.25) is 0 Å². The summed E-state index contributed by atoms with van der Waals surface area (Å²) in [6.45, 7) is 3.89. The van der Waals surface area contributed by atoms with Gasteiger partial charge in [-0.3, -0.25) is 4.99 Å². The average molecular weight is 570 g/mol. The summed E-state index contributed by atoms with van der Waals surface area (Å²) in [5.74, 6) is 1.24. The predicted octanol–water partition coefficient (Wildman–Crippen LogP) is 4.51. The molecule has 1 saturated heterocycles. The second-order valence-electron chi connectivity index (χ2n) is 6.96. The summed E-state index contributed by atoms with van der Waals surface area (Å²) >= 11 is 0.958. The van der Waals surface area contributed by atoms with E-state index in [4.69, 9.17) is 9.47 Å². The van der Waals surface area contributed by atoms with Gasteiger partial charge in [-0.05, 0) is 31.4 Å². The van der Waals surface area contributed by atoms with Gasteiger partial charge in [-0.1, -0.05) is 12.1 Å². The minimum absolute atomic E-state index is 0. The number of aromatic nitrogens is 1. The number of nitrogens with one attached hydrogen (secondary N) is 2. The van der Waals surface area contributed by atoms with E-state index in [9.17, 15) is 13.2 Å². The van der Waals surface area contributed by atoms with Gasteiger partial charge in [0, 0.05) is 31.1 Å². The lowest BCUT2D eigenvalue weighted by Crippen LogP contribution is -2.36. The van der Waals surface area contributed by atoms with Gasteiger partial charge in [-0.25, -0.2) is 4.98 Å². The number of rotatable bonds is 7. The molecule has 0 aliphatic carbocycles. The standard InChI is InChI=1S/C20H25F3N4O2S.HI/c1-13-5-6-14(16(8-13)29-11-15-4-3-7-28-15)9-25-19(24-2)26-10-18-27-17(12-30-18)20(21,22)23;/h5-6,8,12,15H,3-4,7,9-11H2,1-2H3,(H2,24,25,26);1H. The van der Waals surface area contributed by atoms with Crippen molar-refractivity contribution in [1.82, 2.24) is 15.6 Å². The Balaban J connectivity index is 0.00000341. The number of guanidine groups is 1. The van der Waals surface area contributed by atoms with Crippen LogP contribution in [0, 0.1) is 6.92 Å². The molecule has 3 rings (SSSR count). The lowest BCUT2D eigenvalue weighted by Gasteiger charge is -2.17. The van der Waals surface area contributed by atoms with E-state index in [1.54, 1.807) is 7.05 Å². The number of hydrogen-bond donors (Lipinski definition) is 2. The molecule has 0 saturated carbocycles. The maximum atomic E-state index is 12.7. The molecule has 0 radical (unpaired) electrons. The molecule has 0 amide bonds. The third-order valence-electron chi connectivity index (χ3n) is 4.59. The first-order chi connectivity index (χ1) is 14.3. The zero-order valence-corrected chi connectivity index (χ0v) is 20.4. The van der Waals surface area contributed by atoms with Gasteiger partial charge in [0.25, 0.3) is 0 Å². The van der Waals surface area contributed by atoms with Crippen molar-refractivity contribution >= 4 is 41.3 Å². The summed E-state index contributed by atoms with van der Waals surface area (Å²) in [4.78, 5) is 7.73. The number of ether oxygens (including phenoxy) is 2. The topological polar surface area (TPSA) is 67.8 Å². The van der Waals surface area contributed by atoms with Gasteiger partial charge < -0.3 is 20.1 Å². The summed E-state index contributed by atoms with van der Waals surface area (Å²) in [5.41, 5.74) is 1.17. The second kappa shape index (κ2) is 11.9. The lowest BCUT2D eigenvalue weighted by molar-refractivity contribution is -0.140. The first-order valence-corrected chi connectivity index (χ1v) is 10.5. The Hall–Kier alpha value is -1.60. The zero-order chi connectivity index (χ0) is 21.6. The number of nitrogens with zero attached hydrogens (tertiary/aromatic N) is 2. The molecule has 1 atom stereocenters. The highest BCUT2D eigenvalue weighted by molar-refractivity contribution is 14.0. The fraction of sp³-hybridized carbons (Fsp3) is 0.500. The number of benzene rings is 1. The van der Waals surface area contributed by atoms with Crippen molar-refractivity contribution in [3.05, 3.63) is 45.4 Å². The van der Waals surface area contributed by atoms with E-state index >= 15 is 0 Å². The molecule has 31 heavy (non-hydrogen) atoms. The van der Waals surface area contributed by atoms with Crippen LogP contribution >= 0.6 is 35.3 Å². The van der Waals surface area contributed by atoms with Crippen LogP contribution in [0.4, 0.5) is 13.2 Å². The highest BCUT2D eigenvalue weighted by atomic mass is 127. The molecule has 2 aromatic rings. The fourth-order valence-corrected chi connectivity index (χ4v) is 3.72. The van der Waals surface area contributed by atoms with Crippen LogP contribution in [0.15, 0.2) is 28.6 Å². The van der Waals surface area contributed by atoms with Gasteiger partial charge in [-0.15, -0.1) is 35.3 Å². The van der Waals surface area contributed by atoms with Crippen LogP contribution in [0.2, 0.25) is 0 Å². The molecule has 1 unspecified atom stereocenters. The molecule has 11 heteroatoms. The number of aryl methyl sites for hydroxylation is 1. The number of aliphatic imine (C=N–C) groups is 1. The molecule has 6 nitrogen and oxygen atoms in total. The van der Waals surface area contributed by atoms with E-state index < -0.39 is 11.9 Å². The Labute approximate surface area is 200 Å². The molecular formula is C20H26F3IN4O2S. The summed E-state index contributed by atoms with van der Waals surface area (Å²) < 4.78 is 49.6. The van der Waals surface area contributed by atoms with Gasteiger partial charge in [-0.2, -0.15) is 13.2 Å². The molecule has 2 N–H and O–H groups in total. The smallest absolute Gasteiger partial charge is 0.434 e. The summed E-state index contributed by atoms with van der Waals surface area (Å²) in [6.07, 6.45) is -2.24. The minimum atomic E-state index is -4.43. The summed E-state index contributed by atoms with van der Waals surface area (Å²) in [6, 6.07) is 5.97. The lowest BCUT2D eigenvalue weighted by atomic mass is 10.1. The number of thiazole rings is 1. The SMILES string of the molecule is CN=C(NCc1nc(C(F)(F)F)cs1)NCc1ccc(C)cc1OCC1CCCO1.I. The van der Waals surface area contributed by atoms with Crippen LogP contribution in [0.5, 0.6) is 5.75 Å². The molecule has 1 aromatic carbocycles. The van der Waals surface area contributed by atoms with E-state index in [-0.39, 0.29) is 36.6 Å². The quantitative estimate of drug-likeness (QED) is 0.292. The van der Waals surface area contributed by atoms with Crippen molar-refractivity contribution in [2.75, 3.05) is 20.3 Å². The zero-order valence-electron chi connectivity index (χ0n) is 17.3. The Morgan fingerprint density at radius 2 is 2.10 bits per heavy atom. The van der Waals surface area contributed by atoms with Gasteiger partial charge in [0.1, 0.15) is 17.4 Å². The number of halogens is 4. The summed E-state index contributed by atoms with van der Waals surface area (Å²) in [7, 11) is 1.60. The largest absolute Gasteiger partial charge is 0.491 e. The third kappa shape index (κ3) is 7.79. The summed E-state index contributed by atoms with van der Waals surface area (Å²) in [5, 5.41) is 7.50. The first kappa shape index (κ1) is 25.7. The molecule has 0 bridgehead atoms. The molecule has 1 aromatic heterocycles. The Kier molecular flexibility index (Phi) is 9.82. The van der Waals surface area contributed by atoms with Crippen LogP contribution in [-0.2, 0) is 24.0 Å². The van der Waals surface area contributed by atoms with E-state index in [1.165, 1.54) is 0 Å². The number of alkyl halides is 3. The van der Waals surface area contributed by atoms with Crippen LogP contribution in [0.1, 0.15) is 34.7 Å². The molecule has 0 spiro atoms. The van der Waals surface area contributed by atoms with E-state index in [1.807, 2.05) is 25.1 Å². The minimum Gasteiger partial charge on any atom is -0.491 e. The van der Waals surface area contributed by atoms with E-state index in [0.717, 1.165) is 53.0 Å². The van der Waals surface area contributed by atoms with Crippen molar-refractivity contribution in [3.8, 4) is 5.75 Å². The Bertz CT molecular complexity index is 870. The normalized spacial score (nSPS) is 16.7. The fourth-order valence-electron chi connectivity index (χ4n) is 2.98. The molecule has 172 valence electrons. The van der Waals surface area contributed by atoms with E-state index in [0.29, 0.717) is 24.1 Å². The average Bonchev–Trinajstić information content (AvgIpc) is 3.39. The van der Waals surface area contributed by atoms with Crippen molar-refractivity contribution in [2.45, 2.75) is 45.1 Å². The molecule has 1 aliphatic heterocycles. The Morgan fingerprint density at radius 3 is 2.74 bits per heavy atom. The van der Waals surface area contributed by atoms with Gasteiger partial charge in [0.05, 0.1) is 12.6 Å². The van der Waals surface area contributed by atoms with Crippen molar-refractivity contribution in [1.29, 1.82) is 0 Å². The monoisotopic (exact) mass is 570 g/mol. The van der Waals surface area contributed by atoms with Gasteiger partial charge >= 0.3 is 6.18 Å². The first-order valence-electron chi connectivity index (χ1n) is 9.65. The van der Waals surface area contributed by atoms with Crippen molar-refractivity contribution in [3.63, 3.8) is 0 Å². The number of hydrogen-bond acceptors (Lipinski definition) is 5. The maximum absolute atomic E-state index is 12.7. The predicted molar refractivity (Wildman–Crippen MR) is 125 cm³/mol. The Morgan fingerprint density at radius 1 is 1.32 bits per heavy atom. The molecular weight excluding hydrogens is 544 g/mol. The van der Waals surface area contributed by atoms with Crippen LogP contribution < -0.4 is 15.4 Å². The second-order valence-corrected chi connectivity index (χ2v) is 7.90. The third-order valence-corrected chi connectivity index (χ3v) is 5.44. The van der Waals surface area contributed by atoms with E-state index in [2.05, 4.69) is 20.6 Å². The molecule has 2 heterocycles. The van der Waals surface area contributed by atoms with Crippen LogP contribution in [0.25, 0.3) is 0 Å². The highest BCUT2D eigenvalue weighted by Crippen LogP contribution is 2.30. The van der Waals surface area contributed by atoms with Crippen LogP contribution in [-0.4, -0.2) is 37.3 Å². The highest BCUT2D eigenvalue weighted by Gasteiger charge is 2.33. The molecule has 1 fully saturated rings. The van der Waals surface area contributed by atoms with Crippen LogP contribution in [0.3, 0.4) is 0 Å². The maximum Gasteiger partial charge on any atom is 0.434 e. The van der Waals surface area contributed by atoms with Gasteiger partial charge in [0.15, 0.2) is 11.7 Å². The van der Waals surface area contributed by atoms with Crippen molar-refractivity contribution < 1.29 is 22.6 Å². The van der Waals surface area contributed by atoms with Crippen molar-refractivity contribution in [2.24, 2.45) is 4.99 Å². The molecule has 1 aliphatic rings.